The minimum atomic E-state index is -1.06. The highest BCUT2D eigenvalue weighted by Crippen LogP contribution is 2.61. The number of H-pyrrole nitrogens is 1. The van der Waals surface area contributed by atoms with Crippen LogP contribution in [0.3, 0.4) is 0 Å². The number of nitrogens with zero attached hydrogens (tertiary/aromatic N) is 3. The first-order chi connectivity index (χ1) is 18.8. The molecular weight excluding hydrogens is 503 g/mol. The maximum atomic E-state index is 14.4. The number of hydrogen-bond acceptors (Lipinski definition) is 7. The highest BCUT2D eigenvalue weighted by atomic mass is 19.1. The van der Waals surface area contributed by atoms with Gasteiger partial charge in [-0.1, -0.05) is 5.16 Å². The predicted molar refractivity (Wildman–Crippen MR) is 139 cm³/mol. The SMILES string of the molecule is Cc1c[nH]c(C)c1-c1ccc(NC(=O)[C@@H](NC(=O)c2nonc2C)C2c3cc(F)ccc3OCC23CC3)cn1. The van der Waals surface area contributed by atoms with Gasteiger partial charge in [0.15, 0.2) is 5.69 Å². The number of carbonyl (C=O) groups is 2. The van der Waals surface area contributed by atoms with Gasteiger partial charge in [-0.3, -0.25) is 14.6 Å². The fourth-order valence-corrected chi connectivity index (χ4v) is 5.52. The van der Waals surface area contributed by atoms with E-state index >= 15 is 0 Å². The van der Waals surface area contributed by atoms with Crippen LogP contribution in [0.5, 0.6) is 5.75 Å². The standard InChI is InChI=1S/C28H27FN6O4/c1-14-11-30-15(2)22(14)20-6-5-18(12-31-20)32-27(37)25(33-26(36)24-16(3)34-39-35-24)23-19-10-17(29)4-7-21(19)38-13-28(23)8-9-28/h4-7,10-12,23,25,30H,8-9,13H2,1-3H3,(H,32,37)(H,33,36)/t23?,25-/m0/s1. The van der Waals surface area contributed by atoms with Gasteiger partial charge in [-0.2, -0.15) is 0 Å². The third-order valence-electron chi connectivity index (χ3n) is 7.71. The molecule has 3 aromatic heterocycles. The summed E-state index contributed by atoms with van der Waals surface area (Å²) in [5.41, 5.74) is 4.72. The zero-order valence-electron chi connectivity index (χ0n) is 21.7. The highest BCUT2D eigenvalue weighted by Gasteiger charge is 2.58. The first-order valence-electron chi connectivity index (χ1n) is 12.7. The van der Waals surface area contributed by atoms with Crippen molar-refractivity contribution >= 4 is 17.5 Å². The van der Waals surface area contributed by atoms with E-state index in [0.717, 1.165) is 35.4 Å². The first kappa shape index (κ1) is 24.8. The number of amides is 2. The molecule has 4 heterocycles. The van der Waals surface area contributed by atoms with Crippen LogP contribution in [-0.2, 0) is 4.79 Å². The number of anilines is 1. The van der Waals surface area contributed by atoms with Gasteiger partial charge in [0.25, 0.3) is 5.91 Å². The summed E-state index contributed by atoms with van der Waals surface area (Å²) < 4.78 is 25.0. The molecule has 10 nitrogen and oxygen atoms in total. The fourth-order valence-electron chi connectivity index (χ4n) is 5.52. The Labute approximate surface area is 223 Å². The topological polar surface area (TPSA) is 135 Å². The second kappa shape index (κ2) is 9.33. The van der Waals surface area contributed by atoms with Crippen LogP contribution in [0.1, 0.15) is 51.8 Å². The summed E-state index contributed by atoms with van der Waals surface area (Å²) >= 11 is 0. The van der Waals surface area contributed by atoms with E-state index in [-0.39, 0.29) is 5.69 Å². The third-order valence-corrected chi connectivity index (χ3v) is 7.71. The Balaban J connectivity index is 1.34. The van der Waals surface area contributed by atoms with Crippen LogP contribution >= 0.6 is 0 Å². The maximum Gasteiger partial charge on any atom is 0.276 e. The highest BCUT2D eigenvalue weighted by molar-refractivity contribution is 6.01. The molecule has 1 aliphatic carbocycles. The van der Waals surface area contributed by atoms with Crippen LogP contribution in [0.2, 0.25) is 0 Å². The lowest BCUT2D eigenvalue weighted by atomic mass is 9.75. The normalized spacial score (nSPS) is 17.7. The average molecular weight is 531 g/mol. The van der Waals surface area contributed by atoms with E-state index < -0.39 is 35.0 Å². The number of nitrogens with one attached hydrogen (secondary N) is 3. The van der Waals surface area contributed by atoms with Crippen LogP contribution in [0, 0.1) is 32.0 Å². The van der Waals surface area contributed by atoms with Crippen molar-refractivity contribution in [3.8, 4) is 17.0 Å². The molecule has 3 N–H and O–H groups in total. The average Bonchev–Trinajstić information content (AvgIpc) is 3.41. The number of aromatic amines is 1. The summed E-state index contributed by atoms with van der Waals surface area (Å²) in [6.07, 6.45) is 5.06. The lowest BCUT2D eigenvalue weighted by Gasteiger charge is -2.38. The van der Waals surface area contributed by atoms with Crippen molar-refractivity contribution in [3.05, 3.63) is 76.8 Å². The molecule has 11 heteroatoms. The quantitative estimate of drug-likeness (QED) is 0.340. The third kappa shape index (κ3) is 4.43. The van der Waals surface area contributed by atoms with Gasteiger partial charge in [-0.15, -0.1) is 0 Å². The lowest BCUT2D eigenvalue weighted by Crippen LogP contribution is -2.52. The van der Waals surface area contributed by atoms with Crippen molar-refractivity contribution in [2.75, 3.05) is 11.9 Å². The van der Waals surface area contributed by atoms with Crippen molar-refractivity contribution in [3.63, 3.8) is 0 Å². The van der Waals surface area contributed by atoms with E-state index in [9.17, 15) is 14.0 Å². The summed E-state index contributed by atoms with van der Waals surface area (Å²) in [4.78, 5) is 34.8. The van der Waals surface area contributed by atoms with Crippen molar-refractivity contribution in [1.29, 1.82) is 0 Å². The van der Waals surface area contributed by atoms with Gasteiger partial charge >= 0.3 is 0 Å². The van der Waals surface area contributed by atoms with Gasteiger partial charge in [-0.25, -0.2) is 9.02 Å². The Kier molecular flexibility index (Phi) is 5.93. The van der Waals surface area contributed by atoms with Crippen LogP contribution in [0.15, 0.2) is 47.4 Å². The van der Waals surface area contributed by atoms with Gasteiger partial charge in [0, 0.05) is 34.4 Å². The monoisotopic (exact) mass is 530 g/mol. The molecule has 2 amide bonds. The molecular formula is C28H27FN6O4. The zero-order valence-corrected chi connectivity index (χ0v) is 21.7. The zero-order chi connectivity index (χ0) is 27.3. The largest absolute Gasteiger partial charge is 0.493 e. The molecule has 39 heavy (non-hydrogen) atoms. The van der Waals surface area contributed by atoms with E-state index in [4.69, 9.17) is 9.37 Å². The summed E-state index contributed by atoms with van der Waals surface area (Å²) in [5, 5.41) is 13.1. The van der Waals surface area contributed by atoms with E-state index in [1.165, 1.54) is 12.1 Å². The van der Waals surface area contributed by atoms with E-state index in [0.29, 0.717) is 29.3 Å². The van der Waals surface area contributed by atoms with Gasteiger partial charge in [0.1, 0.15) is 23.3 Å². The van der Waals surface area contributed by atoms with E-state index in [1.807, 2.05) is 26.1 Å². The molecule has 1 saturated carbocycles. The molecule has 0 saturated heterocycles. The fraction of sp³-hybridized carbons (Fsp3) is 0.321. The Morgan fingerprint density at radius 3 is 2.62 bits per heavy atom. The molecule has 0 radical (unpaired) electrons. The molecule has 4 aromatic rings. The molecule has 2 atom stereocenters. The van der Waals surface area contributed by atoms with Crippen LogP contribution in [-0.4, -0.2) is 44.7 Å². The summed E-state index contributed by atoms with van der Waals surface area (Å²) in [7, 11) is 0. The Bertz CT molecular complexity index is 1550. The second-order valence-corrected chi connectivity index (χ2v) is 10.4. The maximum absolute atomic E-state index is 14.4. The van der Waals surface area contributed by atoms with E-state index in [2.05, 4.69) is 30.9 Å². The van der Waals surface area contributed by atoms with Gasteiger partial charge in [-0.05, 0) is 74.7 Å². The van der Waals surface area contributed by atoms with Crippen molar-refractivity contribution in [2.24, 2.45) is 5.41 Å². The number of pyridine rings is 1. The van der Waals surface area contributed by atoms with Crippen molar-refractivity contribution < 1.29 is 23.3 Å². The number of fused-ring (bicyclic) bond motifs is 1. The number of aromatic nitrogens is 4. The molecule has 1 aliphatic heterocycles. The number of aryl methyl sites for hydroxylation is 3. The number of ether oxygens (including phenoxy) is 1. The second-order valence-electron chi connectivity index (χ2n) is 10.4. The number of halogens is 1. The Morgan fingerprint density at radius 1 is 1.15 bits per heavy atom. The van der Waals surface area contributed by atoms with Crippen LogP contribution in [0.4, 0.5) is 10.1 Å². The van der Waals surface area contributed by atoms with E-state index in [1.54, 1.807) is 25.3 Å². The minimum absolute atomic E-state index is 0.0209. The number of hydrogen-bond donors (Lipinski definition) is 3. The molecule has 1 aromatic carbocycles. The number of carbonyl (C=O) groups excluding carboxylic acids is 2. The molecule has 0 bridgehead atoms. The smallest absolute Gasteiger partial charge is 0.276 e. The van der Waals surface area contributed by atoms with Crippen molar-refractivity contribution in [1.82, 2.24) is 25.6 Å². The molecule has 1 spiro atoms. The van der Waals surface area contributed by atoms with Gasteiger partial charge in [0.05, 0.1) is 24.2 Å². The molecule has 1 fully saturated rings. The lowest BCUT2D eigenvalue weighted by molar-refractivity contribution is -0.119. The van der Waals surface area contributed by atoms with Crippen LogP contribution in [0.25, 0.3) is 11.3 Å². The predicted octanol–water partition coefficient (Wildman–Crippen LogP) is 4.22. The molecule has 6 rings (SSSR count). The van der Waals surface area contributed by atoms with Gasteiger partial charge < -0.3 is 20.4 Å². The summed E-state index contributed by atoms with van der Waals surface area (Å²) in [5.74, 6) is -1.56. The minimum Gasteiger partial charge on any atom is -0.493 e. The summed E-state index contributed by atoms with van der Waals surface area (Å²) in [6.45, 7) is 5.93. The molecule has 200 valence electrons. The number of benzene rings is 1. The van der Waals surface area contributed by atoms with Crippen molar-refractivity contribution in [2.45, 2.75) is 45.6 Å². The molecule has 1 unspecified atom stereocenters. The number of rotatable bonds is 6. The van der Waals surface area contributed by atoms with Gasteiger partial charge in [0.2, 0.25) is 5.91 Å². The Morgan fingerprint density at radius 2 is 1.97 bits per heavy atom. The molecule has 2 aliphatic rings. The first-order valence-corrected chi connectivity index (χ1v) is 12.7. The summed E-state index contributed by atoms with van der Waals surface area (Å²) in [6, 6.07) is 6.80. The Hall–Kier alpha value is -4.54. The van der Waals surface area contributed by atoms with Crippen LogP contribution < -0.4 is 15.4 Å².